The minimum absolute atomic E-state index is 0.155. The molecule has 0 aromatic heterocycles. The lowest BCUT2D eigenvalue weighted by Crippen LogP contribution is -2.60. The van der Waals surface area contributed by atoms with Gasteiger partial charge in [0.05, 0.1) is 11.9 Å². The van der Waals surface area contributed by atoms with Crippen molar-refractivity contribution in [1.29, 1.82) is 0 Å². The molecule has 0 saturated carbocycles. The summed E-state index contributed by atoms with van der Waals surface area (Å²) in [5.74, 6) is -1.09. The van der Waals surface area contributed by atoms with E-state index in [9.17, 15) is 24.3 Å². The van der Waals surface area contributed by atoms with E-state index in [0.717, 1.165) is 16.3 Å². The van der Waals surface area contributed by atoms with E-state index < -0.39 is 47.5 Å². The molecule has 246 valence electrons. The van der Waals surface area contributed by atoms with Crippen LogP contribution in [0.3, 0.4) is 0 Å². The van der Waals surface area contributed by atoms with E-state index in [1.54, 1.807) is 19.9 Å². The van der Waals surface area contributed by atoms with Crippen molar-refractivity contribution in [2.24, 2.45) is 5.92 Å². The predicted molar refractivity (Wildman–Crippen MR) is 180 cm³/mol. The molecule has 10 nitrogen and oxygen atoms in total. The van der Waals surface area contributed by atoms with Gasteiger partial charge in [-0.2, -0.15) is 0 Å². The van der Waals surface area contributed by atoms with Crippen molar-refractivity contribution in [3.63, 3.8) is 0 Å². The second-order valence-corrected chi connectivity index (χ2v) is 13.9. The Balaban J connectivity index is 1.47. The van der Waals surface area contributed by atoms with Crippen molar-refractivity contribution < 1.29 is 29.0 Å². The number of aliphatic hydroxyl groups is 1. The smallest absolute Gasteiger partial charge is 0.258 e. The number of hydrogen-bond donors (Lipinski definition) is 4. The van der Waals surface area contributed by atoms with Crippen molar-refractivity contribution in [2.45, 2.75) is 70.8 Å². The molecular weight excluding hydrogens is 604 g/mol. The maximum Gasteiger partial charge on any atom is 0.258 e. The molecule has 0 spiro atoms. The van der Waals surface area contributed by atoms with Gasteiger partial charge in [0.2, 0.25) is 11.8 Å². The van der Waals surface area contributed by atoms with Crippen molar-refractivity contribution in [3.05, 3.63) is 78.4 Å². The van der Waals surface area contributed by atoms with Gasteiger partial charge in [-0.15, -0.1) is 11.8 Å². The fourth-order valence-corrected chi connectivity index (χ4v) is 6.43. The number of fused-ring (bicyclic) bond motifs is 1. The van der Waals surface area contributed by atoms with Crippen molar-refractivity contribution in [1.82, 2.24) is 20.9 Å². The summed E-state index contributed by atoms with van der Waals surface area (Å²) in [5.41, 5.74) is 0.309. The Morgan fingerprint density at radius 1 is 0.957 bits per heavy atom. The first-order valence-corrected chi connectivity index (χ1v) is 16.6. The molecule has 1 fully saturated rings. The van der Waals surface area contributed by atoms with Crippen LogP contribution in [0.2, 0.25) is 0 Å². The lowest BCUT2D eigenvalue weighted by molar-refractivity contribution is -0.147. The number of nitrogens with zero attached hydrogens (tertiary/aromatic N) is 1. The van der Waals surface area contributed by atoms with Gasteiger partial charge >= 0.3 is 0 Å². The van der Waals surface area contributed by atoms with Crippen LogP contribution < -0.4 is 20.7 Å². The first kappa shape index (κ1) is 34.8. The molecule has 3 aromatic carbocycles. The minimum Gasteiger partial charge on any atom is -0.483 e. The molecule has 4 amide bonds. The Bertz CT molecular complexity index is 1520. The number of carbonyl (C=O) groups is 4. The Labute approximate surface area is 274 Å². The fourth-order valence-electron chi connectivity index (χ4n) is 5.27. The van der Waals surface area contributed by atoms with Crippen molar-refractivity contribution in [2.75, 3.05) is 18.2 Å². The van der Waals surface area contributed by atoms with Crippen LogP contribution in [0.5, 0.6) is 5.75 Å². The van der Waals surface area contributed by atoms with Crippen LogP contribution in [0.15, 0.2) is 72.8 Å². The largest absolute Gasteiger partial charge is 0.483 e. The van der Waals surface area contributed by atoms with Crippen LogP contribution in [-0.4, -0.2) is 81.6 Å². The molecule has 0 aliphatic carbocycles. The number of aliphatic hydroxyl groups excluding tert-OH is 1. The number of benzene rings is 3. The number of amides is 4. The number of thioether (sulfide) groups is 1. The highest BCUT2D eigenvalue weighted by molar-refractivity contribution is 7.99. The summed E-state index contributed by atoms with van der Waals surface area (Å²) in [7, 11) is 0. The zero-order chi connectivity index (χ0) is 33.4. The minimum atomic E-state index is -1.63. The molecule has 0 unspecified atom stereocenters. The lowest BCUT2D eigenvalue weighted by atomic mass is 9.97. The van der Waals surface area contributed by atoms with Crippen LogP contribution >= 0.6 is 11.8 Å². The van der Waals surface area contributed by atoms with Gasteiger partial charge in [-0.1, -0.05) is 80.6 Å². The van der Waals surface area contributed by atoms with E-state index in [-0.39, 0.29) is 30.7 Å². The van der Waals surface area contributed by atoms with Gasteiger partial charge < -0.3 is 30.7 Å². The van der Waals surface area contributed by atoms with Gasteiger partial charge in [0.25, 0.3) is 11.8 Å². The molecule has 3 aromatic rings. The van der Waals surface area contributed by atoms with Gasteiger partial charge in [0, 0.05) is 16.7 Å². The van der Waals surface area contributed by atoms with Crippen LogP contribution in [0.25, 0.3) is 10.8 Å². The molecule has 1 saturated heterocycles. The number of ether oxygens (including phenoxy) is 1. The van der Waals surface area contributed by atoms with Gasteiger partial charge in [0.1, 0.15) is 17.8 Å². The third kappa shape index (κ3) is 9.23. The van der Waals surface area contributed by atoms with Crippen LogP contribution in [0, 0.1) is 5.92 Å². The molecule has 1 heterocycles. The zero-order valence-corrected chi connectivity index (χ0v) is 27.8. The molecule has 4 atom stereocenters. The van der Waals surface area contributed by atoms with E-state index in [4.69, 9.17) is 4.74 Å². The Hall–Kier alpha value is -4.09. The van der Waals surface area contributed by atoms with Crippen LogP contribution in [0.1, 0.15) is 40.2 Å². The van der Waals surface area contributed by atoms with Gasteiger partial charge in [-0.25, -0.2) is 0 Å². The third-order valence-corrected chi connectivity index (χ3v) is 8.61. The predicted octanol–water partition coefficient (Wildman–Crippen LogP) is 3.26. The average molecular weight is 649 g/mol. The number of rotatable bonds is 12. The van der Waals surface area contributed by atoms with E-state index in [1.807, 2.05) is 87.5 Å². The monoisotopic (exact) mass is 648 g/mol. The fraction of sp³-hybridized carbons (Fsp3) is 0.429. The highest BCUT2D eigenvalue weighted by atomic mass is 32.2. The normalized spacial score (nSPS) is 16.8. The summed E-state index contributed by atoms with van der Waals surface area (Å²) >= 11 is 1.43. The molecule has 1 aliphatic rings. The Morgan fingerprint density at radius 2 is 1.63 bits per heavy atom. The molecule has 11 heteroatoms. The maximum atomic E-state index is 13.7. The second kappa shape index (κ2) is 15.5. The summed E-state index contributed by atoms with van der Waals surface area (Å²) < 4.78 is 5.82. The topological polar surface area (TPSA) is 137 Å². The number of carbonyl (C=O) groups excluding carboxylic acids is 4. The van der Waals surface area contributed by atoms with Gasteiger partial charge in [-0.05, 0) is 50.1 Å². The molecule has 4 N–H and O–H groups in total. The van der Waals surface area contributed by atoms with Gasteiger partial charge in [0.15, 0.2) is 12.7 Å². The van der Waals surface area contributed by atoms with Crippen molar-refractivity contribution >= 4 is 46.2 Å². The quantitative estimate of drug-likeness (QED) is 0.237. The molecule has 0 radical (unpaired) electrons. The van der Waals surface area contributed by atoms with Crippen LogP contribution in [0.4, 0.5) is 0 Å². The van der Waals surface area contributed by atoms with E-state index in [0.29, 0.717) is 11.5 Å². The molecule has 0 bridgehead atoms. The van der Waals surface area contributed by atoms with E-state index >= 15 is 0 Å². The lowest BCUT2D eigenvalue weighted by Gasteiger charge is -2.32. The maximum absolute atomic E-state index is 13.7. The number of hydrogen-bond acceptors (Lipinski definition) is 7. The highest BCUT2D eigenvalue weighted by Crippen LogP contribution is 2.26. The van der Waals surface area contributed by atoms with Gasteiger partial charge in [-0.3, -0.25) is 19.2 Å². The number of nitrogens with one attached hydrogen (secondary N) is 3. The summed E-state index contributed by atoms with van der Waals surface area (Å²) in [6.07, 6.45) is -1.48. The molecule has 46 heavy (non-hydrogen) atoms. The summed E-state index contributed by atoms with van der Waals surface area (Å²) in [4.78, 5) is 54.7. The first-order chi connectivity index (χ1) is 21.8. The third-order valence-electron chi connectivity index (χ3n) is 7.60. The average Bonchev–Trinajstić information content (AvgIpc) is 3.51. The Morgan fingerprint density at radius 3 is 2.33 bits per heavy atom. The first-order valence-electron chi connectivity index (χ1n) is 15.5. The molecule has 1 aliphatic heterocycles. The summed E-state index contributed by atoms with van der Waals surface area (Å²) in [6.45, 7) is 8.87. The van der Waals surface area contributed by atoms with Crippen molar-refractivity contribution in [3.8, 4) is 5.75 Å². The molecule has 4 rings (SSSR count). The summed E-state index contributed by atoms with van der Waals surface area (Å²) in [6, 6.07) is 19.7. The second-order valence-electron chi connectivity index (χ2n) is 12.9. The van der Waals surface area contributed by atoms with Crippen LogP contribution in [-0.2, 0) is 25.6 Å². The molecular formula is C35H44N4O6S. The highest BCUT2D eigenvalue weighted by Gasteiger charge is 2.41. The van der Waals surface area contributed by atoms with E-state index in [2.05, 4.69) is 16.0 Å². The Kier molecular flexibility index (Phi) is 11.7. The standard InChI is InChI=1S/C35H44N4O6S/c1-22(2)30(37-29(40)19-45-28-17-11-15-24-14-9-10-16-25(24)28)33(43)36-26(18-23-12-7-6-8-13-23)31(41)34(44)39-21-46-20-27(39)32(42)38-35(3,4)5/h6-17,22,26-27,30-31,41H,18-21H2,1-5H3,(H,36,43)(H,37,40)(H,38,42)/t26-,27+,30-,31-/m0/s1. The summed E-state index contributed by atoms with van der Waals surface area (Å²) in [5, 5.41) is 21.8. The SMILES string of the molecule is CC(C)[C@H](NC(=O)COc1cccc2ccccc12)C(=O)N[C@@H](Cc1ccccc1)[C@H](O)C(=O)N1CSC[C@@H]1C(=O)NC(C)(C)C. The van der Waals surface area contributed by atoms with E-state index in [1.165, 1.54) is 16.7 Å². The zero-order valence-electron chi connectivity index (χ0n) is 27.0.